The first-order valence-corrected chi connectivity index (χ1v) is 2.12. The van der Waals surface area contributed by atoms with Gasteiger partial charge in [0, 0.05) is 0 Å². The lowest BCUT2D eigenvalue weighted by atomic mass is 9.85. The molecule has 0 aliphatic carbocycles. The fourth-order valence-corrected chi connectivity index (χ4v) is 0.453. The van der Waals surface area contributed by atoms with Crippen LogP contribution in [0.2, 0.25) is 0 Å². The van der Waals surface area contributed by atoms with Crippen molar-refractivity contribution in [2.75, 3.05) is 0 Å². The maximum absolute atomic E-state index is 3.06. The monoisotopic (exact) mass is 113 g/mol. The topological polar surface area (TPSA) is 36.1 Å². The van der Waals surface area contributed by atoms with Crippen molar-refractivity contribution in [3.8, 4) is 0 Å². The molecule has 0 atom stereocenters. The molecule has 0 radical (unpaired) electrons. The molecule has 7 heteroatoms. The predicted octanol–water partition coefficient (Wildman–Crippen LogP) is -4.88. The molecule has 1 fully saturated rings. The van der Waals surface area contributed by atoms with Crippen molar-refractivity contribution in [1.82, 2.24) is 15.4 Å². The molecule has 1 aliphatic rings. The van der Waals surface area contributed by atoms with E-state index in [2.05, 4.69) is 15.4 Å². The Balaban J connectivity index is 0.000000360. The number of nitrogens with one attached hydrogen (secondary N) is 3. The van der Waals surface area contributed by atoms with Gasteiger partial charge in [0.15, 0.2) is 0 Å². The summed E-state index contributed by atoms with van der Waals surface area (Å²) in [6.07, 6.45) is 0. The third-order valence-corrected chi connectivity index (χ3v) is 0.750. The van der Waals surface area contributed by atoms with Crippen molar-refractivity contribution in [2.45, 2.75) is 0 Å². The summed E-state index contributed by atoms with van der Waals surface area (Å²) >= 11 is 0. The van der Waals surface area contributed by atoms with E-state index in [-0.39, 0.29) is 11.0 Å². The molecule has 1 heterocycles. The molecule has 7 heavy (non-hydrogen) atoms. The van der Waals surface area contributed by atoms with E-state index in [1.165, 1.54) is 0 Å². The van der Waals surface area contributed by atoms with Gasteiger partial charge in [0.05, 0.1) is 0 Å². The maximum atomic E-state index is 3.06. The summed E-state index contributed by atoms with van der Waals surface area (Å²) < 4.78 is 0. The summed E-state index contributed by atoms with van der Waals surface area (Å²) in [5.74, 6) is 0. The minimum Gasteiger partial charge on any atom is -0.378 e. The number of hydrogen-bond donors (Lipinski definition) is 3. The van der Waals surface area contributed by atoms with E-state index in [0.717, 1.165) is 22.6 Å². The summed E-state index contributed by atoms with van der Waals surface area (Å²) in [6, 6.07) is 0. The summed E-state index contributed by atoms with van der Waals surface area (Å²) in [7, 11) is 2.81. The second-order valence-electron chi connectivity index (χ2n) is 1.28. The highest BCUT2D eigenvalue weighted by molar-refractivity contribution is 6.65. The largest absolute Gasteiger partial charge is 0.378 e. The first kappa shape index (κ1) is 7.29. The predicted molar refractivity (Wildman–Crippen MR) is 42.2 cm³/mol. The summed E-state index contributed by atoms with van der Waals surface area (Å²) in [5.41, 5.74) is 0. The molecule has 1 rings (SSSR count). The van der Waals surface area contributed by atoms with E-state index < -0.39 is 0 Å². The molecule has 0 saturated carbocycles. The lowest BCUT2D eigenvalue weighted by molar-refractivity contribution is 1.28. The Kier molecular flexibility index (Phi) is 4.64. The molecule has 0 aromatic rings. The molecule has 0 aromatic heterocycles. The van der Waals surface area contributed by atoms with Crippen LogP contribution in [0.15, 0.2) is 0 Å². The van der Waals surface area contributed by atoms with Gasteiger partial charge in [0.2, 0.25) is 0 Å². The molecule has 3 nitrogen and oxygen atoms in total. The Morgan fingerprint density at radius 1 is 0.714 bits per heavy atom. The fraction of sp³-hybridized carbons (Fsp3) is 0. The molecule has 1 aliphatic heterocycles. The van der Waals surface area contributed by atoms with Crippen molar-refractivity contribution in [1.29, 1.82) is 0 Å². The van der Waals surface area contributed by atoms with Gasteiger partial charge in [0.1, 0.15) is 0 Å². The molecule has 1 saturated heterocycles. The zero-order valence-corrected chi connectivity index (χ0v) is 3.62. The van der Waals surface area contributed by atoms with Gasteiger partial charge >= 0.3 is 0 Å². The molecular formula is H10B3N3Si. The summed E-state index contributed by atoms with van der Waals surface area (Å²) in [6.45, 7) is 0. The van der Waals surface area contributed by atoms with Gasteiger partial charge < -0.3 is 15.4 Å². The van der Waals surface area contributed by atoms with Gasteiger partial charge in [-0.05, 0) is 11.0 Å². The van der Waals surface area contributed by atoms with Crippen LogP contribution < -0.4 is 15.4 Å². The molecule has 38 valence electrons. The maximum Gasteiger partial charge on any atom is 0.265 e. The van der Waals surface area contributed by atoms with Crippen LogP contribution in [-0.4, -0.2) is 33.6 Å². The van der Waals surface area contributed by atoms with Crippen LogP contribution in [0.4, 0.5) is 0 Å². The third kappa shape index (κ3) is 2.93. The Labute approximate surface area is 49.9 Å². The van der Waals surface area contributed by atoms with Gasteiger partial charge in [-0.2, -0.15) is 0 Å². The zero-order valence-electron chi connectivity index (χ0n) is 3.62. The van der Waals surface area contributed by atoms with Gasteiger partial charge in [-0.1, -0.05) is 0 Å². The number of rotatable bonds is 0. The van der Waals surface area contributed by atoms with E-state index in [4.69, 9.17) is 0 Å². The molecule has 3 N–H and O–H groups in total. The van der Waals surface area contributed by atoms with Crippen LogP contribution >= 0.6 is 0 Å². The van der Waals surface area contributed by atoms with Crippen molar-refractivity contribution >= 4 is 33.6 Å². The average Bonchev–Trinajstić information content (AvgIpc) is 1.72. The highest BCUT2D eigenvalue weighted by Crippen LogP contribution is 1.46. The van der Waals surface area contributed by atoms with E-state index in [9.17, 15) is 0 Å². The standard InChI is InChI=1S/B3H6N3.H4Si/c1-4-2-6-3-5-1;/h1-6H;1H4. The average molecular weight is 113 g/mol. The van der Waals surface area contributed by atoms with E-state index in [0.29, 0.717) is 0 Å². The van der Waals surface area contributed by atoms with Crippen molar-refractivity contribution < 1.29 is 0 Å². The van der Waals surface area contributed by atoms with E-state index >= 15 is 0 Å². The molecular weight excluding hydrogens is 103 g/mol. The zero-order chi connectivity index (χ0) is 4.24. The van der Waals surface area contributed by atoms with Crippen LogP contribution in [0.5, 0.6) is 0 Å². The lowest BCUT2D eigenvalue weighted by Gasteiger charge is -2.08. The Morgan fingerprint density at radius 3 is 1.14 bits per heavy atom. The minimum atomic E-state index is 0. The van der Waals surface area contributed by atoms with E-state index in [1.807, 2.05) is 0 Å². The molecule has 0 spiro atoms. The molecule has 0 aromatic carbocycles. The van der Waals surface area contributed by atoms with Gasteiger partial charge in [-0.3, -0.25) is 0 Å². The number of hydrogen-bond acceptors (Lipinski definition) is 3. The highest BCUT2D eigenvalue weighted by Gasteiger charge is 1.97. The van der Waals surface area contributed by atoms with Crippen molar-refractivity contribution in [3.05, 3.63) is 0 Å². The Bertz CT molecular complexity index is 25.7. The minimum absolute atomic E-state index is 0. The first-order chi connectivity index (χ1) is 3.00. The molecule has 0 unspecified atom stereocenters. The van der Waals surface area contributed by atoms with Crippen LogP contribution in [0.1, 0.15) is 0 Å². The SMILES string of the molecule is B1NBNBN1.[SiH4]. The first-order valence-electron chi connectivity index (χ1n) is 2.12. The molecule has 0 bridgehead atoms. The quantitative estimate of drug-likeness (QED) is 0.275. The third-order valence-electron chi connectivity index (χ3n) is 0.750. The van der Waals surface area contributed by atoms with Crippen molar-refractivity contribution in [3.63, 3.8) is 0 Å². The van der Waals surface area contributed by atoms with Crippen LogP contribution in [0, 0.1) is 0 Å². The Morgan fingerprint density at radius 2 is 1.00 bits per heavy atom. The van der Waals surface area contributed by atoms with Gasteiger partial charge in [-0.25, -0.2) is 0 Å². The van der Waals surface area contributed by atoms with Gasteiger partial charge in [-0.15, -0.1) is 0 Å². The normalized spacial score (nSPS) is 17.1. The second kappa shape index (κ2) is 4.45. The second-order valence-corrected chi connectivity index (χ2v) is 1.28. The highest BCUT2D eigenvalue weighted by atomic mass is 28.1. The lowest BCUT2D eigenvalue weighted by Crippen LogP contribution is -2.55. The van der Waals surface area contributed by atoms with Crippen LogP contribution in [0.25, 0.3) is 0 Å². The van der Waals surface area contributed by atoms with E-state index in [1.54, 1.807) is 0 Å². The van der Waals surface area contributed by atoms with Crippen LogP contribution in [-0.2, 0) is 0 Å². The smallest absolute Gasteiger partial charge is 0.265 e. The van der Waals surface area contributed by atoms with Gasteiger partial charge in [0.25, 0.3) is 22.6 Å². The molecule has 0 amide bonds. The summed E-state index contributed by atoms with van der Waals surface area (Å²) in [5, 5.41) is 9.19. The fourth-order valence-electron chi connectivity index (χ4n) is 0.453. The summed E-state index contributed by atoms with van der Waals surface area (Å²) in [4.78, 5) is 0. The van der Waals surface area contributed by atoms with Crippen molar-refractivity contribution in [2.24, 2.45) is 0 Å². The Hall–Kier alpha value is 0.292. The van der Waals surface area contributed by atoms with Crippen LogP contribution in [0.3, 0.4) is 0 Å².